The number of piperazine rings is 1. The Morgan fingerprint density at radius 1 is 0.867 bits per heavy atom. The monoisotopic (exact) mass is 615 g/mol. The molecule has 45 heavy (non-hydrogen) atoms. The summed E-state index contributed by atoms with van der Waals surface area (Å²) in [4.78, 5) is 14.4. The molecule has 7 nitrogen and oxygen atoms in total. The number of halogens is 3. The van der Waals surface area contributed by atoms with Gasteiger partial charge in [0.15, 0.2) is 17.5 Å². The highest BCUT2D eigenvalue weighted by atomic mass is 19.2. The van der Waals surface area contributed by atoms with Gasteiger partial charge in [-0.1, -0.05) is 12.1 Å². The Hall–Kier alpha value is -3.63. The van der Waals surface area contributed by atoms with E-state index in [0.29, 0.717) is 42.0 Å². The highest BCUT2D eigenvalue weighted by molar-refractivity contribution is 6.01. The molecule has 5 aliphatic rings. The molecule has 1 aromatic heterocycles. The van der Waals surface area contributed by atoms with Crippen molar-refractivity contribution in [1.29, 1.82) is 0 Å². The third-order valence-corrected chi connectivity index (χ3v) is 11.2. The van der Waals surface area contributed by atoms with Crippen LogP contribution in [0.2, 0.25) is 0 Å². The predicted molar refractivity (Wildman–Crippen MR) is 166 cm³/mol. The lowest BCUT2D eigenvalue weighted by atomic mass is 9.95. The van der Waals surface area contributed by atoms with Crippen molar-refractivity contribution in [3.8, 4) is 22.9 Å². The van der Waals surface area contributed by atoms with E-state index in [-0.39, 0.29) is 44.6 Å². The van der Waals surface area contributed by atoms with Crippen molar-refractivity contribution in [2.45, 2.75) is 75.5 Å². The first kappa shape index (κ1) is 27.7. The molecule has 0 spiro atoms. The molecule has 2 atom stereocenters. The van der Waals surface area contributed by atoms with Gasteiger partial charge in [-0.25, -0.2) is 13.2 Å². The van der Waals surface area contributed by atoms with Gasteiger partial charge in [-0.15, -0.1) is 0 Å². The maximum atomic E-state index is 16.7. The van der Waals surface area contributed by atoms with Crippen LogP contribution in [0.25, 0.3) is 32.8 Å². The van der Waals surface area contributed by atoms with Crippen LogP contribution in [0.1, 0.15) is 51.4 Å². The smallest absolute Gasteiger partial charge is 0.319 e. The minimum Gasteiger partial charge on any atom is -0.508 e. The molecule has 1 saturated carbocycles. The molecular weight excluding hydrogens is 579 g/mol. The Morgan fingerprint density at radius 3 is 2.31 bits per heavy atom. The van der Waals surface area contributed by atoms with Crippen LogP contribution >= 0.6 is 0 Å². The molecule has 5 fully saturated rings. The first-order valence-electron chi connectivity index (χ1n) is 16.4. The van der Waals surface area contributed by atoms with Crippen LogP contribution in [-0.2, 0) is 0 Å². The number of hydrogen-bond donors (Lipinski definition) is 2. The van der Waals surface area contributed by atoms with Gasteiger partial charge in [-0.3, -0.25) is 4.90 Å². The number of phenols is 1. The standard InChI is InChI=1S/C35H36F3N5O2/c36-28-10-1-19-13-24(44)14-27(29(19)31(28)38)25-8-9-26-32(30(25)37)40-34(41-33(26)42-15-20-2-3-21(16-42)39-20)45-18-35(11-12-35)17-43-22-4-5-23(43)7-6-22/h1,8-10,13-14,20-23,39,44H,2-7,11-12,15-18H2. The van der Waals surface area contributed by atoms with Gasteiger partial charge in [0.25, 0.3) is 0 Å². The maximum absolute atomic E-state index is 16.7. The summed E-state index contributed by atoms with van der Waals surface area (Å²) in [6.07, 6.45) is 9.51. The molecule has 2 N–H and O–H groups in total. The molecule has 10 heteroatoms. The molecule has 4 saturated heterocycles. The van der Waals surface area contributed by atoms with E-state index in [4.69, 9.17) is 9.72 Å². The average Bonchev–Trinajstić information content (AvgIpc) is 3.40. The summed E-state index contributed by atoms with van der Waals surface area (Å²) < 4.78 is 52.6. The second kappa shape index (κ2) is 10.2. The molecule has 0 amide bonds. The lowest BCUT2D eigenvalue weighted by Crippen LogP contribution is -2.51. The number of fused-ring (bicyclic) bond motifs is 6. The molecule has 9 rings (SSSR count). The Labute approximate surface area is 259 Å². The molecule has 4 bridgehead atoms. The quantitative estimate of drug-likeness (QED) is 0.253. The Morgan fingerprint density at radius 2 is 1.60 bits per heavy atom. The fraction of sp³-hybridized carbons (Fsp3) is 0.486. The molecule has 2 unspecified atom stereocenters. The summed E-state index contributed by atoms with van der Waals surface area (Å²) in [7, 11) is 0. The number of benzene rings is 3. The van der Waals surface area contributed by atoms with E-state index in [1.54, 1.807) is 12.1 Å². The summed E-state index contributed by atoms with van der Waals surface area (Å²) in [5, 5.41) is 14.8. The van der Waals surface area contributed by atoms with Crippen LogP contribution in [0, 0.1) is 22.9 Å². The van der Waals surface area contributed by atoms with Crippen molar-refractivity contribution >= 4 is 27.5 Å². The van der Waals surface area contributed by atoms with Crippen LogP contribution in [-0.4, -0.2) is 70.4 Å². The number of nitrogens with one attached hydrogen (secondary N) is 1. The summed E-state index contributed by atoms with van der Waals surface area (Å²) >= 11 is 0. The van der Waals surface area contributed by atoms with Gasteiger partial charge < -0.3 is 20.1 Å². The van der Waals surface area contributed by atoms with Crippen molar-refractivity contribution in [2.24, 2.45) is 5.41 Å². The van der Waals surface area contributed by atoms with E-state index in [2.05, 4.69) is 20.1 Å². The van der Waals surface area contributed by atoms with Crippen LogP contribution in [0.5, 0.6) is 11.8 Å². The summed E-state index contributed by atoms with van der Waals surface area (Å²) in [6, 6.07) is 10.5. The second-order valence-corrected chi connectivity index (χ2v) is 14.1. The number of hydrogen-bond acceptors (Lipinski definition) is 7. The predicted octanol–water partition coefficient (Wildman–Crippen LogP) is 6.30. The van der Waals surface area contributed by atoms with Gasteiger partial charge in [-0.05, 0) is 86.6 Å². The Kier molecular flexibility index (Phi) is 6.26. The number of anilines is 1. The van der Waals surface area contributed by atoms with Crippen molar-refractivity contribution in [2.75, 3.05) is 31.1 Å². The van der Waals surface area contributed by atoms with E-state index < -0.39 is 17.5 Å². The summed E-state index contributed by atoms with van der Waals surface area (Å²) in [5.41, 5.74) is 0.211. The highest BCUT2D eigenvalue weighted by Gasteiger charge is 2.50. The van der Waals surface area contributed by atoms with Gasteiger partial charge in [0.2, 0.25) is 0 Å². The topological polar surface area (TPSA) is 73.8 Å². The van der Waals surface area contributed by atoms with E-state index in [0.717, 1.165) is 51.4 Å². The van der Waals surface area contributed by atoms with Gasteiger partial charge >= 0.3 is 6.01 Å². The fourth-order valence-corrected chi connectivity index (χ4v) is 8.61. The highest BCUT2D eigenvalue weighted by Crippen LogP contribution is 2.50. The number of aromatic hydroxyl groups is 1. The molecular formula is C35H36F3N5O2. The minimum absolute atomic E-state index is 0.0204. The first-order chi connectivity index (χ1) is 21.8. The molecule has 4 aliphatic heterocycles. The Bertz CT molecular complexity index is 1820. The molecule has 0 radical (unpaired) electrons. The number of aromatic nitrogens is 2. The zero-order chi connectivity index (χ0) is 30.4. The van der Waals surface area contributed by atoms with Crippen LogP contribution < -0.4 is 15.0 Å². The second-order valence-electron chi connectivity index (χ2n) is 14.1. The molecule has 234 valence electrons. The third-order valence-electron chi connectivity index (χ3n) is 11.2. The zero-order valence-corrected chi connectivity index (χ0v) is 25.0. The lowest BCUT2D eigenvalue weighted by Gasteiger charge is -2.34. The van der Waals surface area contributed by atoms with E-state index >= 15 is 8.78 Å². The van der Waals surface area contributed by atoms with Gasteiger partial charge in [-0.2, -0.15) is 9.97 Å². The van der Waals surface area contributed by atoms with Crippen LogP contribution in [0.4, 0.5) is 19.0 Å². The Balaban J connectivity index is 1.12. The molecule has 5 heterocycles. The molecule has 1 aliphatic carbocycles. The van der Waals surface area contributed by atoms with Crippen molar-refractivity contribution in [3.05, 3.63) is 53.8 Å². The lowest BCUT2D eigenvalue weighted by molar-refractivity contribution is 0.144. The van der Waals surface area contributed by atoms with Crippen molar-refractivity contribution in [3.63, 3.8) is 0 Å². The van der Waals surface area contributed by atoms with Gasteiger partial charge in [0.05, 0.1) is 6.61 Å². The normalized spacial score (nSPS) is 26.8. The van der Waals surface area contributed by atoms with Crippen LogP contribution in [0.3, 0.4) is 0 Å². The van der Waals surface area contributed by atoms with E-state index in [1.165, 1.54) is 43.9 Å². The molecule has 4 aromatic rings. The largest absolute Gasteiger partial charge is 0.508 e. The van der Waals surface area contributed by atoms with E-state index in [1.807, 2.05) is 0 Å². The van der Waals surface area contributed by atoms with Crippen molar-refractivity contribution < 1.29 is 23.0 Å². The summed E-state index contributed by atoms with van der Waals surface area (Å²) in [6.45, 7) is 2.99. The number of phenolic OH excluding ortho intramolecular Hbond substituents is 1. The van der Waals surface area contributed by atoms with E-state index in [9.17, 15) is 9.50 Å². The number of nitrogens with zero attached hydrogens (tertiary/aromatic N) is 4. The van der Waals surface area contributed by atoms with Crippen LogP contribution in [0.15, 0.2) is 36.4 Å². The molecule has 3 aromatic carbocycles. The number of rotatable bonds is 7. The average molecular weight is 616 g/mol. The fourth-order valence-electron chi connectivity index (χ4n) is 8.61. The van der Waals surface area contributed by atoms with Gasteiger partial charge in [0.1, 0.15) is 17.1 Å². The summed E-state index contributed by atoms with van der Waals surface area (Å²) in [5.74, 6) is -2.37. The van der Waals surface area contributed by atoms with Crippen molar-refractivity contribution in [1.82, 2.24) is 20.2 Å². The first-order valence-corrected chi connectivity index (χ1v) is 16.4. The SMILES string of the molecule is Oc1cc(-c2ccc3c(N4CC5CCC(C4)N5)nc(OCC4(CN5C6CCC5CC6)CC4)nc3c2F)c2c(F)c(F)ccc2c1. The number of ether oxygens (including phenoxy) is 1. The minimum atomic E-state index is -1.09. The van der Waals surface area contributed by atoms with Gasteiger partial charge in [0, 0.05) is 65.6 Å². The third kappa shape index (κ3) is 4.62. The zero-order valence-electron chi connectivity index (χ0n) is 25.0. The maximum Gasteiger partial charge on any atom is 0.319 e.